The van der Waals surface area contributed by atoms with E-state index < -0.39 is 0 Å². The summed E-state index contributed by atoms with van der Waals surface area (Å²) in [5.74, 6) is 0.996. The number of hydrogen-bond acceptors (Lipinski definition) is 6. The first-order valence-electron chi connectivity index (χ1n) is 6.68. The zero-order valence-corrected chi connectivity index (χ0v) is 13.1. The molecule has 2 N–H and O–H groups in total. The maximum absolute atomic E-state index is 9.31. The van der Waals surface area contributed by atoms with Crippen molar-refractivity contribution >= 4 is 32.7 Å². The molecule has 1 saturated heterocycles. The Bertz CT molecular complexity index is 709. The molecular formula is C14H15BrN4O2. The van der Waals surface area contributed by atoms with Crippen molar-refractivity contribution in [3.8, 4) is 6.07 Å². The highest BCUT2D eigenvalue weighted by Crippen LogP contribution is 2.32. The second-order valence-electron chi connectivity index (χ2n) is 5.27. The summed E-state index contributed by atoms with van der Waals surface area (Å²) in [6.07, 6.45) is 2.49. The van der Waals surface area contributed by atoms with E-state index in [0.29, 0.717) is 5.58 Å². The fraction of sp³-hybridized carbons (Fsp3) is 0.429. The van der Waals surface area contributed by atoms with Crippen LogP contribution in [0.5, 0.6) is 0 Å². The largest absolute Gasteiger partial charge is 0.444 e. The summed E-state index contributed by atoms with van der Waals surface area (Å²) in [7, 11) is 2.00. The van der Waals surface area contributed by atoms with Crippen molar-refractivity contribution in [2.75, 3.05) is 25.5 Å². The van der Waals surface area contributed by atoms with Crippen LogP contribution in [0.4, 0.5) is 5.82 Å². The van der Waals surface area contributed by atoms with Gasteiger partial charge in [0, 0.05) is 30.1 Å². The molecule has 1 aliphatic rings. The van der Waals surface area contributed by atoms with Gasteiger partial charge in [0.25, 0.3) is 0 Å². The molecule has 21 heavy (non-hydrogen) atoms. The molecular weight excluding hydrogens is 336 g/mol. The van der Waals surface area contributed by atoms with E-state index in [2.05, 4.69) is 31.1 Å². The van der Waals surface area contributed by atoms with Crippen LogP contribution in [0.15, 0.2) is 21.2 Å². The molecule has 3 heterocycles. The number of hydrogen-bond donors (Lipinski definition) is 2. The minimum absolute atomic E-state index is 0.162. The van der Waals surface area contributed by atoms with Crippen LogP contribution in [-0.4, -0.2) is 47.3 Å². The van der Waals surface area contributed by atoms with Gasteiger partial charge in [-0.25, -0.2) is 4.98 Å². The van der Waals surface area contributed by atoms with Gasteiger partial charge in [-0.2, -0.15) is 5.26 Å². The van der Waals surface area contributed by atoms with Gasteiger partial charge in [-0.1, -0.05) is 0 Å². The van der Waals surface area contributed by atoms with Crippen molar-refractivity contribution in [2.45, 2.75) is 18.5 Å². The van der Waals surface area contributed by atoms with E-state index in [9.17, 15) is 5.11 Å². The van der Waals surface area contributed by atoms with E-state index in [1.807, 2.05) is 13.1 Å². The van der Waals surface area contributed by atoms with Crippen LogP contribution in [-0.2, 0) is 0 Å². The molecule has 1 fully saturated rings. The lowest BCUT2D eigenvalue weighted by Crippen LogP contribution is -2.28. The van der Waals surface area contributed by atoms with Crippen LogP contribution in [0.25, 0.3) is 11.0 Å². The lowest BCUT2D eigenvalue weighted by molar-refractivity contribution is 0.182. The number of fused-ring (bicyclic) bond motifs is 1. The smallest absolute Gasteiger partial charge is 0.204 e. The average molecular weight is 351 g/mol. The third-order valence-electron chi connectivity index (χ3n) is 3.87. The molecule has 0 amide bonds. The summed E-state index contributed by atoms with van der Waals surface area (Å²) >= 11 is 3.52. The number of nitrogens with one attached hydrogen (secondary N) is 1. The minimum atomic E-state index is 0.162. The van der Waals surface area contributed by atoms with Gasteiger partial charge >= 0.3 is 0 Å². The molecule has 3 rings (SSSR count). The number of rotatable bonds is 3. The average Bonchev–Trinajstić information content (AvgIpc) is 3.05. The predicted molar refractivity (Wildman–Crippen MR) is 82.0 cm³/mol. The minimum Gasteiger partial charge on any atom is -0.444 e. The molecule has 2 aromatic heterocycles. The highest BCUT2D eigenvalue weighted by Gasteiger charge is 2.29. The van der Waals surface area contributed by atoms with E-state index in [1.54, 1.807) is 12.3 Å². The zero-order valence-electron chi connectivity index (χ0n) is 11.5. The van der Waals surface area contributed by atoms with Crippen molar-refractivity contribution in [2.24, 2.45) is 0 Å². The van der Waals surface area contributed by atoms with Crippen LogP contribution < -0.4 is 5.32 Å². The Labute approximate surface area is 130 Å². The van der Waals surface area contributed by atoms with Crippen molar-refractivity contribution < 1.29 is 9.52 Å². The van der Waals surface area contributed by atoms with Gasteiger partial charge in [-0.15, -0.1) is 0 Å². The van der Waals surface area contributed by atoms with Crippen molar-refractivity contribution in [1.82, 2.24) is 9.88 Å². The number of likely N-dealkylation sites (tertiary alicyclic amines) is 1. The molecule has 2 atom stereocenters. The summed E-state index contributed by atoms with van der Waals surface area (Å²) in [4.78, 5) is 6.49. The second kappa shape index (κ2) is 5.64. The Hall–Kier alpha value is -1.62. The molecule has 6 nitrogen and oxygen atoms in total. The summed E-state index contributed by atoms with van der Waals surface area (Å²) in [5, 5.41) is 22.4. The molecule has 0 radical (unpaired) electrons. The number of pyridine rings is 1. The SMILES string of the molecule is CN1C[C@@H](Nc2ncc3oc(C#N)cc3c2Br)C[C@H]1CO. The molecule has 110 valence electrons. The first kappa shape index (κ1) is 14.3. The van der Waals surface area contributed by atoms with Crippen molar-refractivity contribution in [3.05, 3.63) is 22.5 Å². The van der Waals surface area contributed by atoms with Crippen LogP contribution in [0, 0.1) is 11.3 Å². The highest BCUT2D eigenvalue weighted by molar-refractivity contribution is 9.10. The number of nitrogens with zero attached hydrogens (tertiary/aromatic N) is 3. The van der Waals surface area contributed by atoms with E-state index >= 15 is 0 Å². The first-order valence-corrected chi connectivity index (χ1v) is 7.47. The first-order chi connectivity index (χ1) is 10.1. The summed E-state index contributed by atoms with van der Waals surface area (Å²) in [6.45, 7) is 1.02. The molecule has 0 spiro atoms. The molecule has 0 bridgehead atoms. The molecule has 0 saturated carbocycles. The Morgan fingerprint density at radius 3 is 3.14 bits per heavy atom. The normalized spacial score (nSPS) is 22.6. The third-order valence-corrected chi connectivity index (χ3v) is 4.67. The molecule has 0 unspecified atom stereocenters. The second-order valence-corrected chi connectivity index (χ2v) is 6.07. The van der Waals surface area contributed by atoms with Gasteiger partial charge in [0.15, 0.2) is 5.58 Å². The Morgan fingerprint density at radius 1 is 1.67 bits per heavy atom. The lowest BCUT2D eigenvalue weighted by Gasteiger charge is -2.15. The molecule has 0 aliphatic carbocycles. The molecule has 1 aliphatic heterocycles. The number of anilines is 1. The zero-order chi connectivity index (χ0) is 15.0. The fourth-order valence-electron chi connectivity index (χ4n) is 2.73. The Morgan fingerprint density at radius 2 is 2.48 bits per heavy atom. The van der Waals surface area contributed by atoms with Crippen LogP contribution in [0.3, 0.4) is 0 Å². The Balaban J connectivity index is 1.85. The van der Waals surface area contributed by atoms with E-state index in [1.165, 1.54) is 0 Å². The number of nitriles is 1. The summed E-state index contributed by atoms with van der Waals surface area (Å²) in [6, 6.07) is 4.10. The van der Waals surface area contributed by atoms with Crippen LogP contribution >= 0.6 is 15.9 Å². The van der Waals surface area contributed by atoms with Crippen LogP contribution in [0.2, 0.25) is 0 Å². The van der Waals surface area contributed by atoms with E-state index in [4.69, 9.17) is 9.68 Å². The van der Waals surface area contributed by atoms with Gasteiger partial charge < -0.3 is 14.8 Å². The monoisotopic (exact) mass is 350 g/mol. The van der Waals surface area contributed by atoms with Gasteiger partial charge in [0.05, 0.1) is 17.3 Å². The topological polar surface area (TPSA) is 85.3 Å². The number of likely N-dealkylation sites (N-methyl/N-ethyl adjacent to an activating group) is 1. The summed E-state index contributed by atoms with van der Waals surface area (Å²) in [5.41, 5.74) is 0.584. The maximum atomic E-state index is 9.31. The van der Waals surface area contributed by atoms with Crippen molar-refractivity contribution in [3.63, 3.8) is 0 Å². The van der Waals surface area contributed by atoms with E-state index in [0.717, 1.165) is 28.6 Å². The number of aromatic nitrogens is 1. The quantitative estimate of drug-likeness (QED) is 0.879. The van der Waals surface area contributed by atoms with Gasteiger partial charge in [-0.3, -0.25) is 4.90 Å². The third kappa shape index (κ3) is 2.62. The molecule has 0 aromatic carbocycles. The van der Waals surface area contributed by atoms with Crippen LogP contribution in [0.1, 0.15) is 12.2 Å². The number of halogens is 1. The highest BCUT2D eigenvalue weighted by atomic mass is 79.9. The molecule has 2 aromatic rings. The van der Waals surface area contributed by atoms with Gasteiger partial charge in [0.1, 0.15) is 11.9 Å². The predicted octanol–water partition coefficient (Wildman–Crippen LogP) is 1.94. The number of furan rings is 1. The number of aliphatic hydroxyl groups is 1. The van der Waals surface area contributed by atoms with Crippen molar-refractivity contribution in [1.29, 1.82) is 5.26 Å². The Kier molecular flexibility index (Phi) is 3.85. The molecule has 7 heteroatoms. The maximum Gasteiger partial charge on any atom is 0.204 e. The van der Waals surface area contributed by atoms with Gasteiger partial charge in [-0.05, 0) is 29.4 Å². The fourth-order valence-corrected chi connectivity index (χ4v) is 3.25. The van der Waals surface area contributed by atoms with E-state index in [-0.39, 0.29) is 24.5 Å². The number of aliphatic hydroxyl groups excluding tert-OH is 1. The lowest BCUT2D eigenvalue weighted by atomic mass is 10.2. The summed E-state index contributed by atoms with van der Waals surface area (Å²) < 4.78 is 6.14. The van der Waals surface area contributed by atoms with Gasteiger partial charge in [0.2, 0.25) is 5.76 Å². The standard InChI is InChI=1S/C14H15BrN4O2/c1-19-6-8(2-9(19)7-20)18-14-13(15)11-3-10(4-16)21-12(11)5-17-14/h3,5,8-9,20H,2,6-7H2,1H3,(H,17,18)/t8-,9-/m0/s1.